The molecule has 1 aromatic rings. The lowest BCUT2D eigenvalue weighted by Crippen LogP contribution is -2.18. The van der Waals surface area contributed by atoms with Crippen molar-refractivity contribution in [1.29, 1.82) is 5.26 Å². The van der Waals surface area contributed by atoms with Crippen LogP contribution in [0.15, 0.2) is 6.07 Å². The molecule has 5 heteroatoms. The summed E-state index contributed by atoms with van der Waals surface area (Å²) in [6, 6.07) is 2.72. The molecular weight excluding hydrogens is 204 g/mol. The lowest BCUT2D eigenvalue weighted by Gasteiger charge is -2.20. The van der Waals surface area contributed by atoms with Gasteiger partial charge in [0, 0.05) is 5.56 Å². The minimum atomic E-state index is -0.715. The summed E-state index contributed by atoms with van der Waals surface area (Å²) < 4.78 is 36.9. The molecule has 1 heterocycles. The Morgan fingerprint density at radius 2 is 1.93 bits per heavy atom. The molecule has 2 rings (SSSR count). The number of ether oxygens (including phenoxy) is 2. The molecule has 0 unspecified atom stereocenters. The van der Waals surface area contributed by atoms with Crippen molar-refractivity contribution in [3.63, 3.8) is 0 Å². The molecule has 0 aliphatic carbocycles. The molecule has 3 nitrogen and oxygen atoms in total. The van der Waals surface area contributed by atoms with Crippen LogP contribution in [-0.4, -0.2) is 13.2 Å². The predicted octanol–water partition coefficient (Wildman–Crippen LogP) is 1.80. The molecule has 0 fully saturated rings. The van der Waals surface area contributed by atoms with Crippen LogP contribution in [0.5, 0.6) is 11.5 Å². The second-order valence-corrected chi connectivity index (χ2v) is 3.02. The largest absolute Gasteiger partial charge is 0.483 e. The molecule has 0 N–H and O–H groups in total. The van der Waals surface area contributed by atoms with E-state index in [1.807, 2.05) is 0 Å². The van der Waals surface area contributed by atoms with E-state index in [1.54, 1.807) is 6.07 Å². The highest BCUT2D eigenvalue weighted by atomic mass is 19.1. The fraction of sp³-hybridized carbons (Fsp3) is 0.300. The van der Waals surface area contributed by atoms with Crippen LogP contribution in [0.1, 0.15) is 5.56 Å². The maximum absolute atomic E-state index is 13.6. The molecule has 0 saturated heterocycles. The minimum Gasteiger partial charge on any atom is -0.483 e. The lowest BCUT2D eigenvalue weighted by atomic mass is 10.1. The highest BCUT2D eigenvalue weighted by Crippen LogP contribution is 2.37. The third-order valence-electron chi connectivity index (χ3n) is 2.05. The molecular formula is C10H7F2NO2. The Morgan fingerprint density at radius 1 is 1.27 bits per heavy atom. The zero-order valence-electron chi connectivity index (χ0n) is 7.72. The summed E-state index contributed by atoms with van der Waals surface area (Å²) in [5.41, 5.74) is -0.0146. The average molecular weight is 211 g/mol. The number of rotatable bonds is 1. The van der Waals surface area contributed by atoms with Crippen molar-refractivity contribution in [1.82, 2.24) is 0 Å². The van der Waals surface area contributed by atoms with E-state index < -0.39 is 11.6 Å². The van der Waals surface area contributed by atoms with Gasteiger partial charge in [-0.05, 0) is 6.07 Å². The topological polar surface area (TPSA) is 42.2 Å². The molecule has 0 saturated carbocycles. The summed E-state index contributed by atoms with van der Waals surface area (Å²) >= 11 is 0. The van der Waals surface area contributed by atoms with Gasteiger partial charge in [0.1, 0.15) is 13.2 Å². The van der Waals surface area contributed by atoms with Crippen molar-refractivity contribution in [3.05, 3.63) is 23.3 Å². The van der Waals surface area contributed by atoms with Crippen LogP contribution in [-0.2, 0) is 6.42 Å². The normalized spacial score (nSPS) is 13.4. The van der Waals surface area contributed by atoms with Crippen LogP contribution in [0.2, 0.25) is 0 Å². The van der Waals surface area contributed by atoms with Crippen molar-refractivity contribution in [2.45, 2.75) is 6.42 Å². The van der Waals surface area contributed by atoms with Gasteiger partial charge in [-0.1, -0.05) is 0 Å². The van der Waals surface area contributed by atoms with Crippen LogP contribution < -0.4 is 9.47 Å². The van der Waals surface area contributed by atoms with Gasteiger partial charge in [-0.25, -0.2) is 8.78 Å². The molecule has 0 radical (unpaired) electrons. The van der Waals surface area contributed by atoms with Crippen molar-refractivity contribution >= 4 is 0 Å². The summed E-state index contributed by atoms with van der Waals surface area (Å²) in [4.78, 5) is 0. The van der Waals surface area contributed by atoms with Gasteiger partial charge < -0.3 is 9.47 Å². The van der Waals surface area contributed by atoms with Gasteiger partial charge in [-0.3, -0.25) is 0 Å². The number of benzene rings is 1. The maximum Gasteiger partial charge on any atom is 0.200 e. The minimum absolute atomic E-state index is 0.0146. The first-order chi connectivity index (χ1) is 7.24. The van der Waals surface area contributed by atoms with E-state index in [1.165, 1.54) is 0 Å². The van der Waals surface area contributed by atoms with E-state index >= 15 is 0 Å². The van der Waals surface area contributed by atoms with E-state index in [-0.39, 0.29) is 36.7 Å². The number of halogens is 2. The molecule has 1 aliphatic rings. The zero-order chi connectivity index (χ0) is 10.8. The average Bonchev–Trinajstić information content (AvgIpc) is 2.26. The number of fused-ring (bicyclic) bond motifs is 1. The van der Waals surface area contributed by atoms with Crippen LogP contribution in [0.25, 0.3) is 0 Å². The summed E-state index contributed by atoms with van der Waals surface area (Å²) in [6.45, 7) is 0.375. The Morgan fingerprint density at radius 3 is 2.60 bits per heavy atom. The summed E-state index contributed by atoms with van der Waals surface area (Å²) in [5.74, 6) is -1.85. The standard InChI is InChI=1S/C10H7F2NO2/c11-7-5-6(1-2-13)8(12)10-9(7)14-3-4-15-10/h5H,1,3-4H2. The summed E-state index contributed by atoms with van der Waals surface area (Å²) in [5, 5.41) is 8.43. The van der Waals surface area contributed by atoms with Crippen LogP contribution in [0.3, 0.4) is 0 Å². The molecule has 0 spiro atoms. The van der Waals surface area contributed by atoms with Crippen molar-refractivity contribution in [2.24, 2.45) is 0 Å². The van der Waals surface area contributed by atoms with Gasteiger partial charge in [-0.15, -0.1) is 0 Å². The Bertz CT molecular complexity index is 440. The SMILES string of the molecule is N#CCc1cc(F)c2c(c1F)OCCO2. The molecule has 0 amide bonds. The Labute approximate surface area is 84.8 Å². The van der Waals surface area contributed by atoms with Gasteiger partial charge in [0.05, 0.1) is 12.5 Å². The van der Waals surface area contributed by atoms with Gasteiger partial charge >= 0.3 is 0 Å². The second kappa shape index (κ2) is 3.73. The molecule has 0 bridgehead atoms. The van der Waals surface area contributed by atoms with Crippen LogP contribution >= 0.6 is 0 Å². The quantitative estimate of drug-likeness (QED) is 0.711. The zero-order valence-corrected chi connectivity index (χ0v) is 7.72. The molecule has 1 aliphatic heterocycles. The molecule has 78 valence electrons. The number of hydrogen-bond donors (Lipinski definition) is 0. The Hall–Kier alpha value is -1.83. The Kier molecular flexibility index (Phi) is 2.42. The first-order valence-corrected chi connectivity index (χ1v) is 4.37. The highest BCUT2D eigenvalue weighted by molar-refractivity contribution is 5.47. The molecule has 15 heavy (non-hydrogen) atoms. The fourth-order valence-electron chi connectivity index (χ4n) is 1.40. The number of hydrogen-bond acceptors (Lipinski definition) is 3. The van der Waals surface area contributed by atoms with Crippen LogP contribution in [0, 0.1) is 23.0 Å². The monoisotopic (exact) mass is 211 g/mol. The second-order valence-electron chi connectivity index (χ2n) is 3.02. The first-order valence-electron chi connectivity index (χ1n) is 4.37. The number of nitriles is 1. The van der Waals surface area contributed by atoms with E-state index in [0.29, 0.717) is 0 Å². The van der Waals surface area contributed by atoms with Gasteiger partial charge in [-0.2, -0.15) is 5.26 Å². The van der Waals surface area contributed by atoms with Crippen molar-refractivity contribution in [2.75, 3.05) is 13.2 Å². The molecule has 1 aromatic carbocycles. The van der Waals surface area contributed by atoms with Gasteiger partial charge in [0.15, 0.2) is 17.4 Å². The lowest BCUT2D eigenvalue weighted by molar-refractivity contribution is 0.157. The highest BCUT2D eigenvalue weighted by Gasteiger charge is 2.23. The number of nitrogens with zero attached hydrogens (tertiary/aromatic N) is 1. The van der Waals surface area contributed by atoms with Gasteiger partial charge in [0.2, 0.25) is 5.75 Å². The molecule has 0 aromatic heterocycles. The summed E-state index contributed by atoms with van der Waals surface area (Å²) in [7, 11) is 0. The first kappa shape index (κ1) is 9.71. The fourth-order valence-corrected chi connectivity index (χ4v) is 1.40. The van der Waals surface area contributed by atoms with Crippen molar-refractivity contribution < 1.29 is 18.3 Å². The maximum atomic E-state index is 13.6. The predicted molar refractivity (Wildman–Crippen MR) is 46.7 cm³/mol. The smallest absolute Gasteiger partial charge is 0.200 e. The van der Waals surface area contributed by atoms with Gasteiger partial charge in [0.25, 0.3) is 0 Å². The summed E-state index contributed by atoms with van der Waals surface area (Å²) in [6.07, 6.45) is -0.195. The van der Waals surface area contributed by atoms with Crippen molar-refractivity contribution in [3.8, 4) is 17.6 Å². The molecule has 0 atom stereocenters. The Balaban J connectivity index is 2.55. The van der Waals surface area contributed by atoms with E-state index in [9.17, 15) is 8.78 Å². The van der Waals surface area contributed by atoms with E-state index in [0.717, 1.165) is 6.07 Å². The van der Waals surface area contributed by atoms with E-state index in [2.05, 4.69) is 0 Å². The third-order valence-corrected chi connectivity index (χ3v) is 2.05. The third kappa shape index (κ3) is 1.59. The van der Waals surface area contributed by atoms with Crippen LogP contribution in [0.4, 0.5) is 8.78 Å². The van der Waals surface area contributed by atoms with E-state index in [4.69, 9.17) is 14.7 Å².